The number of halogens is 1. The number of rotatable bonds is 3. The molecule has 0 aromatic heterocycles. The third-order valence-corrected chi connectivity index (χ3v) is 2.75. The van der Waals surface area contributed by atoms with Crippen molar-refractivity contribution >= 4 is 18.4 Å². The second kappa shape index (κ2) is 5.38. The number of nitrogens with two attached hydrogens (primary N) is 1. The first kappa shape index (κ1) is 13.8. The Kier molecular flexibility index (Phi) is 4.37. The molecule has 2 rings (SSSR count). The number of aromatic hydroxyl groups is 1. The molecule has 1 aromatic carbocycles. The summed E-state index contributed by atoms with van der Waals surface area (Å²) >= 11 is 0. The molecule has 1 aliphatic carbocycles. The minimum Gasteiger partial charge on any atom is -0.504 e. The molecule has 0 unspecified atom stereocenters. The lowest BCUT2D eigenvalue weighted by Gasteiger charge is -2.12. The average molecular weight is 258 g/mol. The van der Waals surface area contributed by atoms with Gasteiger partial charge in [0.2, 0.25) is 0 Å². The standard InChI is InChI=1S/C12H15NO3.ClH/c1-7(14)16-11-5-4-9(6-10(11)15)12(13)8-2-3-8;/h4-6,8,12,15H,2-3,13H2,1H3;1H/t12-;/m1./s1. The van der Waals surface area contributed by atoms with Crippen LogP contribution in [0, 0.1) is 5.92 Å². The number of benzene rings is 1. The minimum atomic E-state index is -0.449. The van der Waals surface area contributed by atoms with Crippen LogP contribution in [0.15, 0.2) is 18.2 Å². The fourth-order valence-corrected chi connectivity index (χ4v) is 1.71. The number of hydrogen-bond donors (Lipinski definition) is 2. The zero-order valence-electron chi connectivity index (χ0n) is 9.55. The first-order valence-electron chi connectivity index (χ1n) is 5.35. The quantitative estimate of drug-likeness (QED) is 0.643. The number of carbonyl (C=O) groups excluding carboxylic acids is 1. The number of phenolic OH excluding ortho intramolecular Hbond substituents is 1. The van der Waals surface area contributed by atoms with Gasteiger partial charge in [-0.3, -0.25) is 4.79 Å². The van der Waals surface area contributed by atoms with E-state index in [2.05, 4.69) is 0 Å². The number of esters is 1. The molecule has 5 heteroatoms. The summed E-state index contributed by atoms with van der Waals surface area (Å²) < 4.78 is 4.83. The first-order valence-corrected chi connectivity index (χ1v) is 5.35. The second-order valence-corrected chi connectivity index (χ2v) is 4.18. The highest BCUT2D eigenvalue weighted by Crippen LogP contribution is 2.41. The summed E-state index contributed by atoms with van der Waals surface area (Å²) in [5.41, 5.74) is 6.89. The smallest absolute Gasteiger partial charge is 0.308 e. The van der Waals surface area contributed by atoms with Gasteiger partial charge in [-0.2, -0.15) is 0 Å². The van der Waals surface area contributed by atoms with E-state index < -0.39 is 5.97 Å². The molecule has 4 nitrogen and oxygen atoms in total. The van der Waals surface area contributed by atoms with Crippen molar-refractivity contribution in [3.63, 3.8) is 0 Å². The van der Waals surface area contributed by atoms with Crippen molar-refractivity contribution < 1.29 is 14.6 Å². The summed E-state index contributed by atoms with van der Waals surface area (Å²) in [6, 6.07) is 4.91. The van der Waals surface area contributed by atoms with Crippen LogP contribution in [0.25, 0.3) is 0 Å². The van der Waals surface area contributed by atoms with E-state index in [1.165, 1.54) is 6.92 Å². The first-order chi connectivity index (χ1) is 7.58. The fourth-order valence-electron chi connectivity index (χ4n) is 1.71. The van der Waals surface area contributed by atoms with Crippen molar-refractivity contribution in [2.45, 2.75) is 25.8 Å². The summed E-state index contributed by atoms with van der Waals surface area (Å²) in [4.78, 5) is 10.7. The van der Waals surface area contributed by atoms with Crippen molar-refractivity contribution in [1.29, 1.82) is 0 Å². The summed E-state index contributed by atoms with van der Waals surface area (Å²) in [5, 5.41) is 9.66. The van der Waals surface area contributed by atoms with Crippen molar-refractivity contribution in [3.05, 3.63) is 23.8 Å². The molecule has 3 N–H and O–H groups in total. The maximum atomic E-state index is 10.7. The Hall–Kier alpha value is -1.26. The van der Waals surface area contributed by atoms with E-state index in [1.54, 1.807) is 18.2 Å². The molecule has 0 radical (unpaired) electrons. The van der Waals surface area contributed by atoms with Gasteiger partial charge in [-0.25, -0.2) is 0 Å². The predicted molar refractivity (Wildman–Crippen MR) is 66.3 cm³/mol. The lowest BCUT2D eigenvalue weighted by atomic mass is 10.0. The Labute approximate surface area is 106 Å². The largest absolute Gasteiger partial charge is 0.504 e. The van der Waals surface area contributed by atoms with Crippen LogP contribution in [0.3, 0.4) is 0 Å². The summed E-state index contributed by atoms with van der Waals surface area (Å²) in [5.74, 6) is 0.219. The molecule has 0 bridgehead atoms. The molecule has 1 saturated carbocycles. The highest BCUT2D eigenvalue weighted by molar-refractivity contribution is 5.85. The van der Waals surface area contributed by atoms with E-state index in [4.69, 9.17) is 10.5 Å². The van der Waals surface area contributed by atoms with Crippen molar-refractivity contribution in [3.8, 4) is 11.5 Å². The van der Waals surface area contributed by atoms with E-state index in [0.29, 0.717) is 5.92 Å². The minimum absolute atomic E-state index is 0. The molecule has 1 fully saturated rings. The Bertz CT molecular complexity index is 418. The predicted octanol–water partition coefficient (Wildman–Crippen LogP) is 2.15. The Morgan fingerprint density at radius 2 is 2.18 bits per heavy atom. The van der Waals surface area contributed by atoms with Crippen LogP contribution >= 0.6 is 12.4 Å². The lowest BCUT2D eigenvalue weighted by Crippen LogP contribution is -2.12. The van der Waals surface area contributed by atoms with Gasteiger partial charge in [0.15, 0.2) is 11.5 Å². The molecule has 0 spiro atoms. The fraction of sp³-hybridized carbons (Fsp3) is 0.417. The van der Waals surface area contributed by atoms with E-state index in [0.717, 1.165) is 18.4 Å². The van der Waals surface area contributed by atoms with Crippen molar-refractivity contribution in [2.75, 3.05) is 0 Å². The van der Waals surface area contributed by atoms with Gasteiger partial charge in [0.05, 0.1) is 0 Å². The third kappa shape index (κ3) is 3.35. The molecule has 17 heavy (non-hydrogen) atoms. The molecule has 0 saturated heterocycles. The van der Waals surface area contributed by atoms with Gasteiger partial charge < -0.3 is 15.6 Å². The van der Waals surface area contributed by atoms with Crippen LogP contribution < -0.4 is 10.5 Å². The summed E-state index contributed by atoms with van der Waals surface area (Å²) in [6.45, 7) is 1.29. The van der Waals surface area contributed by atoms with Gasteiger partial charge in [0, 0.05) is 13.0 Å². The van der Waals surface area contributed by atoms with Gasteiger partial charge in [-0.05, 0) is 36.5 Å². The van der Waals surface area contributed by atoms with Gasteiger partial charge in [-0.15, -0.1) is 12.4 Å². The summed E-state index contributed by atoms with van der Waals surface area (Å²) in [7, 11) is 0. The normalized spacial score (nSPS) is 15.9. The van der Waals surface area contributed by atoms with Crippen molar-refractivity contribution in [1.82, 2.24) is 0 Å². The van der Waals surface area contributed by atoms with E-state index in [-0.39, 0.29) is 29.9 Å². The molecular weight excluding hydrogens is 242 g/mol. The third-order valence-electron chi connectivity index (χ3n) is 2.75. The van der Waals surface area contributed by atoms with E-state index >= 15 is 0 Å². The maximum Gasteiger partial charge on any atom is 0.308 e. The van der Waals surface area contributed by atoms with Crippen LogP contribution in [0.1, 0.15) is 31.4 Å². The topological polar surface area (TPSA) is 72.5 Å². The zero-order valence-corrected chi connectivity index (χ0v) is 10.4. The van der Waals surface area contributed by atoms with Gasteiger partial charge >= 0.3 is 5.97 Å². The lowest BCUT2D eigenvalue weighted by molar-refractivity contribution is -0.132. The Balaban J connectivity index is 0.00000144. The molecule has 0 amide bonds. The molecular formula is C12H16ClNO3. The van der Waals surface area contributed by atoms with Crippen LogP contribution in [-0.2, 0) is 4.79 Å². The van der Waals surface area contributed by atoms with Crippen LogP contribution in [0.2, 0.25) is 0 Å². The molecule has 1 atom stereocenters. The molecule has 94 valence electrons. The van der Waals surface area contributed by atoms with Crippen molar-refractivity contribution in [2.24, 2.45) is 11.7 Å². The Morgan fingerprint density at radius 3 is 2.65 bits per heavy atom. The number of hydrogen-bond acceptors (Lipinski definition) is 4. The molecule has 0 heterocycles. The maximum absolute atomic E-state index is 10.7. The van der Waals surface area contributed by atoms with Gasteiger partial charge in [0.1, 0.15) is 0 Å². The highest BCUT2D eigenvalue weighted by atomic mass is 35.5. The highest BCUT2D eigenvalue weighted by Gasteiger charge is 2.29. The molecule has 0 aliphatic heterocycles. The number of ether oxygens (including phenoxy) is 1. The summed E-state index contributed by atoms with van der Waals surface area (Å²) in [6.07, 6.45) is 2.29. The molecule has 1 aliphatic rings. The van der Waals surface area contributed by atoms with E-state index in [1.807, 2.05) is 0 Å². The van der Waals surface area contributed by atoms with Crippen LogP contribution in [0.4, 0.5) is 0 Å². The van der Waals surface area contributed by atoms with Gasteiger partial charge in [-0.1, -0.05) is 6.07 Å². The zero-order chi connectivity index (χ0) is 11.7. The number of phenols is 1. The average Bonchev–Trinajstić information content (AvgIpc) is 3.03. The second-order valence-electron chi connectivity index (χ2n) is 4.18. The van der Waals surface area contributed by atoms with Crippen LogP contribution in [0.5, 0.6) is 11.5 Å². The SMILES string of the molecule is CC(=O)Oc1ccc([C@H](N)C2CC2)cc1O.Cl. The monoisotopic (exact) mass is 257 g/mol. The Morgan fingerprint density at radius 1 is 1.53 bits per heavy atom. The number of carbonyl (C=O) groups is 1. The van der Waals surface area contributed by atoms with E-state index in [9.17, 15) is 9.90 Å². The van der Waals surface area contributed by atoms with Crippen LogP contribution in [-0.4, -0.2) is 11.1 Å². The van der Waals surface area contributed by atoms with Gasteiger partial charge in [0.25, 0.3) is 0 Å². The molecule has 1 aromatic rings.